The van der Waals surface area contributed by atoms with Gasteiger partial charge in [-0.05, 0) is 25.0 Å². The van der Waals surface area contributed by atoms with E-state index in [0.29, 0.717) is 11.9 Å². The molecule has 1 aromatic rings. The molecule has 2 aliphatic heterocycles. The smallest absolute Gasteiger partial charge is 0.317 e. The summed E-state index contributed by atoms with van der Waals surface area (Å²) in [4.78, 5) is 22.2. The topological polar surface area (TPSA) is 85.9 Å². The fourth-order valence-corrected chi connectivity index (χ4v) is 3.74. The van der Waals surface area contributed by atoms with Crippen LogP contribution in [0.5, 0.6) is 0 Å². The first kappa shape index (κ1) is 17.1. The second-order valence-corrected chi connectivity index (χ2v) is 6.77. The van der Waals surface area contributed by atoms with Gasteiger partial charge in [0.2, 0.25) is 0 Å². The molecule has 0 atom stereocenters. The van der Waals surface area contributed by atoms with Gasteiger partial charge in [0.15, 0.2) is 0 Å². The quantitative estimate of drug-likeness (QED) is 0.803. The molecule has 2 saturated heterocycles. The van der Waals surface area contributed by atoms with E-state index in [-0.39, 0.29) is 6.54 Å². The molecule has 7 nitrogen and oxygen atoms in total. The number of hydrogen-bond donors (Lipinski definition) is 2. The van der Waals surface area contributed by atoms with Crippen LogP contribution in [0.3, 0.4) is 0 Å². The molecule has 0 spiro atoms. The zero-order valence-electron chi connectivity index (χ0n) is 14.1. The number of aliphatic carboxylic acids is 1. The molecule has 3 heterocycles. The van der Waals surface area contributed by atoms with Crippen molar-refractivity contribution in [1.82, 2.24) is 19.7 Å². The molecule has 24 heavy (non-hydrogen) atoms. The lowest BCUT2D eigenvalue weighted by molar-refractivity contribution is -0.138. The van der Waals surface area contributed by atoms with Crippen molar-refractivity contribution < 1.29 is 9.90 Å². The van der Waals surface area contributed by atoms with Crippen LogP contribution in [0.1, 0.15) is 18.5 Å². The normalized spacial score (nSPS) is 21.8. The van der Waals surface area contributed by atoms with Crippen LogP contribution in [0.25, 0.3) is 0 Å². The number of nitrogens with two attached hydrogens (primary N) is 1. The third kappa shape index (κ3) is 4.66. The number of anilines is 1. The fourth-order valence-electron chi connectivity index (χ4n) is 3.74. The van der Waals surface area contributed by atoms with E-state index < -0.39 is 5.97 Å². The van der Waals surface area contributed by atoms with Crippen LogP contribution in [0.2, 0.25) is 0 Å². The Labute approximate surface area is 143 Å². The molecule has 0 bridgehead atoms. The number of aromatic nitrogens is 1. The first-order valence-electron chi connectivity index (χ1n) is 8.72. The standard InChI is InChI=1S/C17H27N5O2/c18-16-3-1-2-14(19-16)12-21-8-10-22(11-9-21)15-4-6-20(7-5-15)13-17(23)24/h1-3,15H,4-13H2,(H2,18,19)(H,23,24). The maximum absolute atomic E-state index is 10.8. The van der Waals surface area contributed by atoms with Crippen LogP contribution in [0.4, 0.5) is 5.82 Å². The fraction of sp³-hybridized carbons (Fsp3) is 0.647. The summed E-state index contributed by atoms with van der Waals surface area (Å²) in [5.41, 5.74) is 6.78. The van der Waals surface area contributed by atoms with Crippen molar-refractivity contribution in [2.45, 2.75) is 25.4 Å². The molecule has 0 amide bonds. The molecule has 132 valence electrons. The highest BCUT2D eigenvalue weighted by molar-refractivity contribution is 5.69. The summed E-state index contributed by atoms with van der Waals surface area (Å²) in [7, 11) is 0. The van der Waals surface area contributed by atoms with Gasteiger partial charge in [0.05, 0.1) is 12.2 Å². The summed E-state index contributed by atoms with van der Waals surface area (Å²) in [6.07, 6.45) is 2.15. The summed E-state index contributed by atoms with van der Waals surface area (Å²) in [5, 5.41) is 8.88. The Morgan fingerprint density at radius 1 is 1.12 bits per heavy atom. The first-order chi connectivity index (χ1) is 11.6. The highest BCUT2D eigenvalue weighted by atomic mass is 16.4. The third-order valence-electron chi connectivity index (χ3n) is 5.05. The number of nitrogens with zero attached hydrogens (tertiary/aromatic N) is 4. The maximum Gasteiger partial charge on any atom is 0.317 e. The van der Waals surface area contributed by atoms with E-state index in [0.717, 1.165) is 64.3 Å². The van der Waals surface area contributed by atoms with Crippen LogP contribution >= 0.6 is 0 Å². The van der Waals surface area contributed by atoms with Gasteiger partial charge in [0.1, 0.15) is 5.82 Å². The minimum absolute atomic E-state index is 0.174. The van der Waals surface area contributed by atoms with Gasteiger partial charge in [-0.2, -0.15) is 0 Å². The minimum atomic E-state index is -0.725. The van der Waals surface area contributed by atoms with Gasteiger partial charge in [-0.15, -0.1) is 0 Å². The van der Waals surface area contributed by atoms with Crippen molar-refractivity contribution in [1.29, 1.82) is 0 Å². The number of piperidine rings is 1. The van der Waals surface area contributed by atoms with E-state index in [1.807, 2.05) is 23.1 Å². The SMILES string of the molecule is Nc1cccc(CN2CCN(C3CCN(CC(=O)O)CC3)CC2)n1. The van der Waals surface area contributed by atoms with Crippen LogP contribution in [-0.2, 0) is 11.3 Å². The van der Waals surface area contributed by atoms with Crippen molar-refractivity contribution in [2.75, 3.05) is 51.5 Å². The lowest BCUT2D eigenvalue weighted by Gasteiger charge is -2.42. The number of pyridine rings is 1. The number of piperazine rings is 1. The first-order valence-corrected chi connectivity index (χ1v) is 8.72. The van der Waals surface area contributed by atoms with Crippen LogP contribution < -0.4 is 5.73 Å². The molecule has 0 aromatic carbocycles. The van der Waals surface area contributed by atoms with E-state index in [1.165, 1.54) is 0 Å². The third-order valence-corrected chi connectivity index (χ3v) is 5.05. The van der Waals surface area contributed by atoms with Crippen LogP contribution in [0.15, 0.2) is 18.2 Å². The average molecular weight is 333 g/mol. The summed E-state index contributed by atoms with van der Waals surface area (Å²) >= 11 is 0. The number of likely N-dealkylation sites (tertiary alicyclic amines) is 1. The zero-order valence-corrected chi connectivity index (χ0v) is 14.1. The van der Waals surface area contributed by atoms with Crippen molar-refractivity contribution in [3.63, 3.8) is 0 Å². The molecule has 3 N–H and O–H groups in total. The van der Waals surface area contributed by atoms with E-state index in [4.69, 9.17) is 10.8 Å². The Morgan fingerprint density at radius 3 is 2.46 bits per heavy atom. The van der Waals surface area contributed by atoms with E-state index in [2.05, 4.69) is 14.8 Å². The van der Waals surface area contributed by atoms with Crippen LogP contribution in [0, 0.1) is 0 Å². The highest BCUT2D eigenvalue weighted by Crippen LogP contribution is 2.19. The summed E-state index contributed by atoms with van der Waals surface area (Å²) in [6, 6.07) is 6.40. The molecule has 1 aromatic heterocycles. The summed E-state index contributed by atoms with van der Waals surface area (Å²) in [6.45, 7) is 7.06. The number of carboxylic acid groups (broad SMARTS) is 1. The molecule has 2 aliphatic rings. The number of carbonyl (C=O) groups is 1. The molecule has 3 rings (SSSR count). The zero-order chi connectivity index (χ0) is 16.9. The Balaban J connectivity index is 1.42. The van der Waals surface area contributed by atoms with Crippen LogP contribution in [-0.4, -0.2) is 82.6 Å². The number of carboxylic acids is 1. The van der Waals surface area contributed by atoms with Gasteiger partial charge in [0, 0.05) is 51.9 Å². The number of hydrogen-bond acceptors (Lipinski definition) is 6. The van der Waals surface area contributed by atoms with Gasteiger partial charge in [-0.25, -0.2) is 4.98 Å². The van der Waals surface area contributed by atoms with E-state index in [9.17, 15) is 4.79 Å². The molecule has 0 aliphatic carbocycles. The van der Waals surface area contributed by atoms with E-state index in [1.54, 1.807) is 0 Å². The molecular formula is C17H27N5O2. The molecule has 0 unspecified atom stereocenters. The number of rotatable bonds is 5. The lowest BCUT2D eigenvalue weighted by atomic mass is 10.0. The summed E-state index contributed by atoms with van der Waals surface area (Å²) in [5.74, 6) is -0.142. The highest BCUT2D eigenvalue weighted by Gasteiger charge is 2.28. The minimum Gasteiger partial charge on any atom is -0.480 e. The second-order valence-electron chi connectivity index (χ2n) is 6.77. The molecular weight excluding hydrogens is 306 g/mol. The maximum atomic E-state index is 10.8. The predicted octanol–water partition coefficient (Wildman–Crippen LogP) is 0.330. The summed E-state index contributed by atoms with van der Waals surface area (Å²) < 4.78 is 0. The van der Waals surface area contributed by atoms with Gasteiger partial charge in [0.25, 0.3) is 0 Å². The predicted molar refractivity (Wildman–Crippen MR) is 92.6 cm³/mol. The largest absolute Gasteiger partial charge is 0.480 e. The Kier molecular flexibility index (Phi) is 5.65. The molecule has 7 heteroatoms. The molecule has 2 fully saturated rings. The van der Waals surface area contributed by atoms with Gasteiger partial charge in [-0.1, -0.05) is 6.07 Å². The lowest BCUT2D eigenvalue weighted by Crippen LogP contribution is -2.53. The van der Waals surface area contributed by atoms with E-state index >= 15 is 0 Å². The van der Waals surface area contributed by atoms with Gasteiger partial charge < -0.3 is 10.8 Å². The Hall–Kier alpha value is -1.70. The molecule has 0 saturated carbocycles. The Morgan fingerprint density at radius 2 is 1.83 bits per heavy atom. The molecule has 0 radical (unpaired) electrons. The monoisotopic (exact) mass is 333 g/mol. The number of nitrogen functional groups attached to an aromatic ring is 1. The van der Waals surface area contributed by atoms with Crippen molar-refractivity contribution in [2.24, 2.45) is 0 Å². The van der Waals surface area contributed by atoms with Gasteiger partial charge in [-0.3, -0.25) is 19.5 Å². The average Bonchev–Trinajstić information content (AvgIpc) is 2.56. The van der Waals surface area contributed by atoms with Crippen molar-refractivity contribution in [3.8, 4) is 0 Å². The van der Waals surface area contributed by atoms with Crippen molar-refractivity contribution >= 4 is 11.8 Å². The van der Waals surface area contributed by atoms with Crippen molar-refractivity contribution in [3.05, 3.63) is 23.9 Å². The second kappa shape index (κ2) is 7.92. The Bertz CT molecular complexity index is 552. The van der Waals surface area contributed by atoms with Gasteiger partial charge >= 0.3 is 5.97 Å².